The lowest BCUT2D eigenvalue weighted by molar-refractivity contribution is -0.142. The molecule has 0 bridgehead atoms. The van der Waals surface area contributed by atoms with Crippen LogP contribution in [0.25, 0.3) is 11.1 Å². The zero-order valence-electron chi connectivity index (χ0n) is 21.7. The van der Waals surface area contributed by atoms with Crippen LogP contribution in [-0.4, -0.2) is 71.7 Å². The number of ether oxygens (including phenoxy) is 3. The quantitative estimate of drug-likeness (QED) is 0.592. The van der Waals surface area contributed by atoms with Crippen LogP contribution in [0, 0.1) is 0 Å². The number of alkyl carbamates (subject to hydrolysis) is 1. The Morgan fingerprint density at radius 3 is 2.19 bits per heavy atom. The maximum absolute atomic E-state index is 13.0. The molecule has 9 heteroatoms. The van der Waals surface area contributed by atoms with Crippen LogP contribution < -0.4 is 5.32 Å². The molecular weight excluding hydrogens is 476 g/mol. The SMILES string of the molecule is CC(C)(C)OC(=O)N1CCOC(C(C)(CC(=O)O)NC(=O)OCC2c3ccccc3-c3ccccc32)C1. The molecule has 1 saturated heterocycles. The summed E-state index contributed by atoms with van der Waals surface area (Å²) in [6, 6.07) is 16.0. The molecule has 0 spiro atoms. The van der Waals surface area contributed by atoms with Crippen molar-refractivity contribution < 1.29 is 33.7 Å². The summed E-state index contributed by atoms with van der Waals surface area (Å²) in [5.74, 6) is -1.24. The number of carbonyl (C=O) groups is 3. The number of nitrogens with one attached hydrogen (secondary N) is 1. The van der Waals surface area contributed by atoms with E-state index in [4.69, 9.17) is 14.2 Å². The average Bonchev–Trinajstić information content (AvgIpc) is 3.15. The van der Waals surface area contributed by atoms with Gasteiger partial charge in [0.25, 0.3) is 0 Å². The maximum Gasteiger partial charge on any atom is 0.410 e. The molecule has 2 N–H and O–H groups in total. The first-order valence-corrected chi connectivity index (χ1v) is 12.4. The second-order valence-electron chi connectivity index (χ2n) is 10.7. The number of nitrogens with zero attached hydrogens (tertiary/aromatic N) is 1. The number of amides is 2. The van der Waals surface area contributed by atoms with Gasteiger partial charge in [-0.2, -0.15) is 0 Å². The fraction of sp³-hybridized carbons (Fsp3) is 0.464. The molecule has 0 saturated carbocycles. The molecular formula is C28H34N2O7. The monoisotopic (exact) mass is 510 g/mol. The minimum Gasteiger partial charge on any atom is -0.481 e. The summed E-state index contributed by atoms with van der Waals surface area (Å²) >= 11 is 0. The Kier molecular flexibility index (Phi) is 7.45. The Labute approximate surface area is 216 Å². The lowest BCUT2D eigenvalue weighted by atomic mass is 9.89. The van der Waals surface area contributed by atoms with Gasteiger partial charge in [-0.3, -0.25) is 4.79 Å². The molecule has 2 atom stereocenters. The van der Waals surface area contributed by atoms with E-state index in [0.717, 1.165) is 22.3 Å². The number of fused-ring (bicyclic) bond motifs is 3. The van der Waals surface area contributed by atoms with Gasteiger partial charge in [-0.25, -0.2) is 9.59 Å². The fourth-order valence-corrected chi connectivity index (χ4v) is 4.95. The number of hydrogen-bond acceptors (Lipinski definition) is 6. The summed E-state index contributed by atoms with van der Waals surface area (Å²) in [5, 5.41) is 12.3. The number of hydrogen-bond donors (Lipinski definition) is 2. The highest BCUT2D eigenvalue weighted by molar-refractivity contribution is 5.79. The Bertz CT molecular complexity index is 1130. The van der Waals surface area contributed by atoms with Crippen LogP contribution in [0.3, 0.4) is 0 Å². The van der Waals surface area contributed by atoms with E-state index in [9.17, 15) is 19.5 Å². The van der Waals surface area contributed by atoms with Crippen LogP contribution in [0.15, 0.2) is 48.5 Å². The van der Waals surface area contributed by atoms with E-state index in [0.29, 0.717) is 6.54 Å². The summed E-state index contributed by atoms with van der Waals surface area (Å²) in [5.41, 5.74) is 2.38. The van der Waals surface area contributed by atoms with Crippen molar-refractivity contribution in [1.82, 2.24) is 10.2 Å². The smallest absolute Gasteiger partial charge is 0.410 e. The lowest BCUT2D eigenvalue weighted by Gasteiger charge is -2.42. The number of carboxylic acids is 1. The number of rotatable bonds is 6. The molecule has 2 aromatic rings. The highest BCUT2D eigenvalue weighted by Gasteiger charge is 2.43. The summed E-state index contributed by atoms with van der Waals surface area (Å²) in [4.78, 5) is 38.8. The minimum absolute atomic E-state index is 0.0718. The summed E-state index contributed by atoms with van der Waals surface area (Å²) in [7, 11) is 0. The topological polar surface area (TPSA) is 114 Å². The molecule has 2 unspecified atom stereocenters. The van der Waals surface area contributed by atoms with Crippen molar-refractivity contribution in [2.75, 3.05) is 26.3 Å². The second kappa shape index (κ2) is 10.4. The molecule has 1 fully saturated rings. The van der Waals surface area contributed by atoms with Gasteiger partial charge in [-0.05, 0) is 49.9 Å². The van der Waals surface area contributed by atoms with E-state index in [1.54, 1.807) is 27.7 Å². The number of benzene rings is 2. The van der Waals surface area contributed by atoms with Crippen molar-refractivity contribution in [3.63, 3.8) is 0 Å². The fourth-order valence-electron chi connectivity index (χ4n) is 4.95. The molecule has 0 radical (unpaired) electrons. The van der Waals surface area contributed by atoms with E-state index in [1.165, 1.54) is 4.90 Å². The predicted octanol–water partition coefficient (Wildman–Crippen LogP) is 4.39. The molecule has 37 heavy (non-hydrogen) atoms. The van der Waals surface area contributed by atoms with Crippen molar-refractivity contribution in [3.8, 4) is 11.1 Å². The van der Waals surface area contributed by atoms with E-state index in [1.807, 2.05) is 36.4 Å². The average molecular weight is 511 g/mol. The van der Waals surface area contributed by atoms with Gasteiger partial charge >= 0.3 is 18.2 Å². The summed E-state index contributed by atoms with van der Waals surface area (Å²) in [6.07, 6.45) is -2.45. The molecule has 2 aliphatic rings. The van der Waals surface area contributed by atoms with E-state index >= 15 is 0 Å². The van der Waals surface area contributed by atoms with Crippen LogP contribution >= 0.6 is 0 Å². The third kappa shape index (κ3) is 6.05. The van der Waals surface area contributed by atoms with Crippen LogP contribution in [0.4, 0.5) is 9.59 Å². The molecule has 4 rings (SSSR count). The van der Waals surface area contributed by atoms with Gasteiger partial charge in [-0.1, -0.05) is 48.5 Å². The van der Waals surface area contributed by atoms with Gasteiger partial charge < -0.3 is 29.5 Å². The molecule has 9 nitrogen and oxygen atoms in total. The van der Waals surface area contributed by atoms with Crippen LogP contribution in [0.1, 0.15) is 51.2 Å². The Morgan fingerprint density at radius 2 is 1.62 bits per heavy atom. The van der Waals surface area contributed by atoms with Crippen LogP contribution in [-0.2, 0) is 19.0 Å². The first-order chi connectivity index (χ1) is 17.5. The first-order valence-electron chi connectivity index (χ1n) is 12.4. The zero-order chi connectivity index (χ0) is 26.8. The van der Waals surface area contributed by atoms with Gasteiger partial charge in [-0.15, -0.1) is 0 Å². The molecule has 2 aromatic carbocycles. The van der Waals surface area contributed by atoms with Crippen molar-refractivity contribution in [1.29, 1.82) is 0 Å². The maximum atomic E-state index is 13.0. The van der Waals surface area contributed by atoms with E-state index in [-0.39, 0.29) is 25.7 Å². The summed E-state index contributed by atoms with van der Waals surface area (Å²) in [6.45, 7) is 7.57. The standard InChI is InChI=1S/C28H34N2O7/c1-27(2,3)37-26(34)30-13-14-35-23(16-30)28(4,15-24(31)32)29-25(33)36-17-22-20-11-7-5-9-18(20)19-10-6-8-12-21(19)22/h5-12,22-23H,13-17H2,1-4H3,(H,29,33)(H,31,32). The van der Waals surface area contributed by atoms with Gasteiger partial charge in [0, 0.05) is 12.5 Å². The Hall–Kier alpha value is -3.59. The molecule has 2 amide bonds. The Balaban J connectivity index is 1.45. The van der Waals surface area contributed by atoms with Crippen LogP contribution in [0.2, 0.25) is 0 Å². The van der Waals surface area contributed by atoms with Crippen molar-refractivity contribution in [2.24, 2.45) is 0 Å². The number of carbonyl (C=O) groups excluding carboxylic acids is 2. The van der Waals surface area contributed by atoms with Crippen LogP contribution in [0.5, 0.6) is 0 Å². The predicted molar refractivity (Wildman–Crippen MR) is 136 cm³/mol. The third-order valence-corrected chi connectivity index (χ3v) is 6.68. The highest BCUT2D eigenvalue weighted by Crippen LogP contribution is 2.44. The lowest BCUT2D eigenvalue weighted by Crippen LogP contribution is -2.62. The molecule has 1 aliphatic carbocycles. The highest BCUT2D eigenvalue weighted by atomic mass is 16.6. The normalized spacial score (nSPS) is 18.8. The van der Waals surface area contributed by atoms with E-state index in [2.05, 4.69) is 17.4 Å². The van der Waals surface area contributed by atoms with Gasteiger partial charge in [0.2, 0.25) is 0 Å². The molecule has 198 valence electrons. The van der Waals surface area contributed by atoms with Crippen molar-refractivity contribution >= 4 is 18.2 Å². The zero-order valence-corrected chi connectivity index (χ0v) is 21.7. The first kappa shape index (κ1) is 26.5. The van der Waals surface area contributed by atoms with Gasteiger partial charge in [0.05, 0.1) is 31.2 Å². The second-order valence-corrected chi connectivity index (χ2v) is 10.7. The van der Waals surface area contributed by atoms with Crippen molar-refractivity contribution in [2.45, 2.75) is 57.3 Å². The number of carboxylic acid groups (broad SMARTS) is 1. The molecule has 1 aliphatic heterocycles. The Morgan fingerprint density at radius 1 is 1.03 bits per heavy atom. The largest absolute Gasteiger partial charge is 0.481 e. The number of morpholine rings is 1. The van der Waals surface area contributed by atoms with E-state index < -0.39 is 41.8 Å². The number of aliphatic carboxylic acids is 1. The minimum atomic E-state index is -1.32. The molecule has 0 aromatic heterocycles. The van der Waals surface area contributed by atoms with Crippen molar-refractivity contribution in [3.05, 3.63) is 59.7 Å². The van der Waals surface area contributed by atoms with Gasteiger partial charge in [0.15, 0.2) is 0 Å². The third-order valence-electron chi connectivity index (χ3n) is 6.68. The molecule has 1 heterocycles. The van der Waals surface area contributed by atoms with Gasteiger partial charge in [0.1, 0.15) is 12.2 Å². The summed E-state index contributed by atoms with van der Waals surface area (Å²) < 4.78 is 16.9.